The molecule has 1 saturated heterocycles. The van der Waals surface area contributed by atoms with Crippen LogP contribution in [0, 0.1) is 0 Å². The van der Waals surface area contributed by atoms with E-state index in [0.717, 1.165) is 55.9 Å². The smallest absolute Gasteiger partial charge is 0.407 e. The van der Waals surface area contributed by atoms with Crippen LogP contribution in [0.3, 0.4) is 0 Å². The largest absolute Gasteiger partial charge is 0.444 e. The van der Waals surface area contributed by atoms with Gasteiger partial charge in [-0.15, -0.1) is 0 Å². The molecule has 2 atom stereocenters. The van der Waals surface area contributed by atoms with Gasteiger partial charge >= 0.3 is 6.09 Å². The Morgan fingerprint density at radius 3 is 2.67 bits per heavy atom. The third kappa shape index (κ3) is 4.55. The van der Waals surface area contributed by atoms with Gasteiger partial charge in [0, 0.05) is 47.8 Å². The lowest BCUT2D eigenvalue weighted by Crippen LogP contribution is -2.50. The summed E-state index contributed by atoms with van der Waals surface area (Å²) in [5.41, 5.74) is 2.97. The average molecular weight is 410 g/mol. The minimum absolute atomic E-state index is 0.112. The van der Waals surface area contributed by atoms with Crippen LogP contribution < -0.4 is 10.2 Å². The van der Waals surface area contributed by atoms with Crippen LogP contribution in [0.15, 0.2) is 24.5 Å². The molecule has 1 aliphatic carbocycles. The fourth-order valence-corrected chi connectivity index (χ4v) is 4.37. The SMILES string of the molecule is CC1CC(NC(=O)OC(C)(C)C)CCN1c1nc(-c2ccncc2)nc2c1CCC2. The summed E-state index contributed by atoms with van der Waals surface area (Å²) in [4.78, 5) is 28.5. The third-order valence-electron chi connectivity index (χ3n) is 5.72. The number of piperidine rings is 1. The van der Waals surface area contributed by atoms with Crippen molar-refractivity contribution in [3.05, 3.63) is 35.8 Å². The summed E-state index contributed by atoms with van der Waals surface area (Å²) >= 11 is 0. The molecular formula is C23H31N5O2. The Morgan fingerprint density at radius 2 is 1.97 bits per heavy atom. The lowest BCUT2D eigenvalue weighted by molar-refractivity contribution is 0.0494. The van der Waals surface area contributed by atoms with Gasteiger partial charge < -0.3 is 15.0 Å². The van der Waals surface area contributed by atoms with E-state index in [9.17, 15) is 4.79 Å². The highest BCUT2D eigenvalue weighted by Crippen LogP contribution is 2.34. The summed E-state index contributed by atoms with van der Waals surface area (Å²) in [5, 5.41) is 3.04. The lowest BCUT2D eigenvalue weighted by Gasteiger charge is -2.39. The molecule has 0 radical (unpaired) electrons. The van der Waals surface area contributed by atoms with Crippen molar-refractivity contribution in [2.75, 3.05) is 11.4 Å². The summed E-state index contributed by atoms with van der Waals surface area (Å²) < 4.78 is 5.42. The van der Waals surface area contributed by atoms with Gasteiger partial charge in [0.25, 0.3) is 0 Å². The van der Waals surface area contributed by atoms with Crippen molar-refractivity contribution >= 4 is 11.9 Å². The van der Waals surface area contributed by atoms with E-state index in [4.69, 9.17) is 14.7 Å². The molecule has 30 heavy (non-hydrogen) atoms. The first-order valence-corrected chi connectivity index (χ1v) is 10.9. The fraction of sp³-hybridized carbons (Fsp3) is 0.565. The number of anilines is 1. The van der Waals surface area contributed by atoms with E-state index in [1.165, 1.54) is 11.3 Å². The zero-order valence-corrected chi connectivity index (χ0v) is 18.3. The van der Waals surface area contributed by atoms with Gasteiger partial charge in [-0.1, -0.05) is 0 Å². The Balaban J connectivity index is 1.52. The van der Waals surface area contributed by atoms with Gasteiger partial charge in [-0.2, -0.15) is 0 Å². The number of alkyl carbamates (subject to hydrolysis) is 1. The number of ether oxygens (including phenoxy) is 1. The zero-order chi connectivity index (χ0) is 21.3. The first-order valence-electron chi connectivity index (χ1n) is 10.9. The number of pyridine rings is 1. The van der Waals surface area contributed by atoms with Gasteiger partial charge in [-0.05, 0) is 71.9 Å². The predicted molar refractivity (Wildman–Crippen MR) is 116 cm³/mol. The summed E-state index contributed by atoms with van der Waals surface area (Å²) in [6, 6.07) is 4.30. The standard InChI is InChI=1S/C23H31N5O2/c1-15-14-17(25-22(29)30-23(2,3)4)10-13-28(15)21-18-6-5-7-19(18)26-20(27-21)16-8-11-24-12-9-16/h8-9,11-12,15,17H,5-7,10,13-14H2,1-4H3,(H,25,29). The Hall–Kier alpha value is -2.70. The van der Waals surface area contributed by atoms with Crippen LogP contribution in [0.2, 0.25) is 0 Å². The highest BCUT2D eigenvalue weighted by atomic mass is 16.6. The second kappa shape index (κ2) is 8.20. The lowest BCUT2D eigenvalue weighted by atomic mass is 9.97. The van der Waals surface area contributed by atoms with Gasteiger partial charge in [-0.25, -0.2) is 14.8 Å². The average Bonchev–Trinajstić information content (AvgIpc) is 3.15. The number of amides is 1. The van der Waals surface area contributed by atoms with Crippen molar-refractivity contribution in [1.29, 1.82) is 0 Å². The number of nitrogens with zero attached hydrogens (tertiary/aromatic N) is 4. The summed E-state index contributed by atoms with van der Waals surface area (Å²) in [6.07, 6.45) is 8.12. The third-order valence-corrected chi connectivity index (χ3v) is 5.72. The van der Waals surface area contributed by atoms with Crippen molar-refractivity contribution in [3.8, 4) is 11.4 Å². The molecule has 0 saturated carbocycles. The molecule has 0 spiro atoms. The van der Waals surface area contributed by atoms with Gasteiger partial charge in [0.15, 0.2) is 5.82 Å². The first kappa shape index (κ1) is 20.6. The van der Waals surface area contributed by atoms with E-state index >= 15 is 0 Å². The Labute approximate surface area is 178 Å². The Morgan fingerprint density at radius 1 is 1.20 bits per heavy atom. The normalized spacial score (nSPS) is 21.3. The molecule has 1 aliphatic heterocycles. The van der Waals surface area contributed by atoms with Gasteiger partial charge in [0.1, 0.15) is 11.4 Å². The van der Waals surface area contributed by atoms with E-state index in [2.05, 4.69) is 22.1 Å². The predicted octanol–water partition coefficient (Wildman–Crippen LogP) is 3.91. The maximum absolute atomic E-state index is 12.2. The molecule has 2 aromatic heterocycles. The van der Waals surface area contributed by atoms with Crippen LogP contribution in [-0.2, 0) is 17.6 Å². The molecular weight excluding hydrogens is 378 g/mol. The van der Waals surface area contributed by atoms with E-state index in [0.29, 0.717) is 0 Å². The number of aromatic nitrogens is 3. The van der Waals surface area contributed by atoms with E-state index < -0.39 is 5.60 Å². The number of rotatable bonds is 3. The number of carbonyl (C=O) groups is 1. The minimum atomic E-state index is -0.485. The maximum Gasteiger partial charge on any atom is 0.407 e. The van der Waals surface area contributed by atoms with E-state index in [1.807, 2.05) is 32.9 Å². The number of nitrogens with one attached hydrogen (secondary N) is 1. The van der Waals surface area contributed by atoms with Gasteiger partial charge in [-0.3, -0.25) is 4.98 Å². The number of hydrogen-bond acceptors (Lipinski definition) is 6. The highest BCUT2D eigenvalue weighted by molar-refractivity contribution is 5.68. The quantitative estimate of drug-likeness (QED) is 0.828. The van der Waals surface area contributed by atoms with Crippen LogP contribution in [0.4, 0.5) is 10.6 Å². The maximum atomic E-state index is 12.2. The second-order valence-corrected chi connectivity index (χ2v) is 9.30. The molecule has 2 aromatic rings. The molecule has 0 aromatic carbocycles. The number of carbonyl (C=O) groups excluding carboxylic acids is 1. The van der Waals surface area contributed by atoms with Crippen molar-refractivity contribution in [3.63, 3.8) is 0 Å². The number of hydrogen-bond donors (Lipinski definition) is 1. The molecule has 1 N–H and O–H groups in total. The summed E-state index contributed by atoms with van der Waals surface area (Å²) in [7, 11) is 0. The summed E-state index contributed by atoms with van der Waals surface area (Å²) in [5.74, 6) is 1.83. The van der Waals surface area contributed by atoms with Crippen LogP contribution in [-0.4, -0.2) is 45.3 Å². The molecule has 4 rings (SSSR count). The molecule has 2 unspecified atom stereocenters. The molecule has 1 fully saturated rings. The number of fused-ring (bicyclic) bond motifs is 1. The molecule has 0 bridgehead atoms. The molecule has 1 amide bonds. The molecule has 7 heteroatoms. The first-order chi connectivity index (χ1) is 14.3. The monoisotopic (exact) mass is 409 g/mol. The fourth-order valence-electron chi connectivity index (χ4n) is 4.37. The summed E-state index contributed by atoms with van der Waals surface area (Å²) in [6.45, 7) is 8.70. The van der Waals surface area contributed by atoms with Crippen molar-refractivity contribution in [2.24, 2.45) is 0 Å². The highest BCUT2D eigenvalue weighted by Gasteiger charge is 2.32. The van der Waals surface area contributed by atoms with E-state index in [1.54, 1.807) is 12.4 Å². The Kier molecular flexibility index (Phi) is 5.62. The zero-order valence-electron chi connectivity index (χ0n) is 18.3. The van der Waals surface area contributed by atoms with Gasteiger partial charge in [0.2, 0.25) is 0 Å². The number of aryl methyl sites for hydroxylation is 1. The van der Waals surface area contributed by atoms with Crippen LogP contribution in [0.25, 0.3) is 11.4 Å². The molecule has 3 heterocycles. The van der Waals surface area contributed by atoms with Crippen molar-refractivity contribution in [2.45, 2.75) is 77.5 Å². The van der Waals surface area contributed by atoms with Crippen LogP contribution >= 0.6 is 0 Å². The molecule has 2 aliphatic rings. The topological polar surface area (TPSA) is 80.2 Å². The molecule has 7 nitrogen and oxygen atoms in total. The van der Waals surface area contributed by atoms with Crippen molar-refractivity contribution in [1.82, 2.24) is 20.3 Å². The second-order valence-electron chi connectivity index (χ2n) is 9.30. The van der Waals surface area contributed by atoms with Crippen molar-refractivity contribution < 1.29 is 9.53 Å². The van der Waals surface area contributed by atoms with Gasteiger partial charge in [0.05, 0.1) is 0 Å². The minimum Gasteiger partial charge on any atom is -0.444 e. The van der Waals surface area contributed by atoms with Crippen LogP contribution in [0.5, 0.6) is 0 Å². The van der Waals surface area contributed by atoms with Crippen LogP contribution in [0.1, 0.15) is 58.2 Å². The Bertz CT molecular complexity index is 910. The van der Waals surface area contributed by atoms with E-state index in [-0.39, 0.29) is 18.2 Å². The molecule has 160 valence electrons.